The first-order valence-electron chi connectivity index (χ1n) is 18.0. The summed E-state index contributed by atoms with van der Waals surface area (Å²) in [5.74, 6) is 0.537. The van der Waals surface area contributed by atoms with Crippen LogP contribution >= 0.6 is 0 Å². The molecule has 0 spiro atoms. The van der Waals surface area contributed by atoms with Gasteiger partial charge in [-0.1, -0.05) is 139 Å². The standard InChI is InChI=1S/C30H45N.C12H26O/c1-8-25(5)18-20-28(9-2)30(23-24(3)4)16-13-11-10-12-15-26(6)19-21-29-17-14-22-31-27(29)7;1-3-5-6-7-8-9-10-12-13-11-4-2/h8-9,18-21,30-31H,1,3,5-6,10-17,22-23H2,2,4,7H3;3-12H2,1-2H3/b20-18-,21-19-,28-9+;. The lowest BCUT2D eigenvalue weighted by molar-refractivity contribution is 0.130. The molecule has 0 saturated carbocycles. The number of allylic oxidation sites excluding steroid dienone is 12. The second kappa shape index (κ2) is 29.4. The highest BCUT2D eigenvalue weighted by Gasteiger charge is 2.12. The normalized spacial score (nSPS) is 14.3. The zero-order chi connectivity index (χ0) is 32.8. The lowest BCUT2D eigenvalue weighted by Gasteiger charge is -2.19. The minimum absolute atomic E-state index is 0.537. The van der Waals surface area contributed by atoms with Gasteiger partial charge < -0.3 is 10.1 Å². The van der Waals surface area contributed by atoms with Crippen LogP contribution in [-0.2, 0) is 4.74 Å². The van der Waals surface area contributed by atoms with Crippen molar-refractivity contribution in [2.24, 2.45) is 5.92 Å². The quantitative estimate of drug-likeness (QED) is 0.0635. The Bertz CT molecular complexity index is 902. The number of unbranched alkanes of at least 4 members (excludes halogenated alkanes) is 9. The molecule has 1 heterocycles. The van der Waals surface area contributed by atoms with Crippen molar-refractivity contribution in [1.82, 2.24) is 5.32 Å². The van der Waals surface area contributed by atoms with E-state index in [0.717, 1.165) is 44.6 Å². The zero-order valence-corrected chi connectivity index (χ0v) is 29.9. The van der Waals surface area contributed by atoms with Gasteiger partial charge in [0.25, 0.3) is 0 Å². The lowest BCUT2D eigenvalue weighted by atomic mass is 9.87. The number of nitrogens with one attached hydrogen (secondary N) is 1. The molecule has 0 radical (unpaired) electrons. The van der Waals surface area contributed by atoms with Crippen LogP contribution in [0.2, 0.25) is 0 Å². The van der Waals surface area contributed by atoms with Crippen molar-refractivity contribution in [2.45, 2.75) is 144 Å². The fourth-order valence-electron chi connectivity index (χ4n) is 5.42. The SMILES string of the molecule is C=CC(=C)/C=C\C(=C/C)C(CCCCCCC(=C)/C=C\C1=C(C)NCCC1)CC(=C)C.CCCCCCCCCOCCC. The van der Waals surface area contributed by atoms with Crippen LogP contribution in [0.1, 0.15) is 144 Å². The van der Waals surface area contributed by atoms with Gasteiger partial charge in [0.05, 0.1) is 0 Å². The molecule has 0 bridgehead atoms. The van der Waals surface area contributed by atoms with Crippen LogP contribution < -0.4 is 5.32 Å². The van der Waals surface area contributed by atoms with Gasteiger partial charge in [0, 0.05) is 25.5 Å². The summed E-state index contributed by atoms with van der Waals surface area (Å²) < 4.78 is 5.41. The summed E-state index contributed by atoms with van der Waals surface area (Å²) >= 11 is 0. The number of hydrogen-bond donors (Lipinski definition) is 1. The molecule has 1 unspecified atom stereocenters. The van der Waals surface area contributed by atoms with Gasteiger partial charge in [0.15, 0.2) is 0 Å². The summed E-state index contributed by atoms with van der Waals surface area (Å²) in [6.07, 6.45) is 34.3. The molecule has 0 aromatic carbocycles. The fourth-order valence-corrected chi connectivity index (χ4v) is 5.42. The molecular formula is C42H71NO. The van der Waals surface area contributed by atoms with Crippen molar-refractivity contribution in [3.05, 3.63) is 96.3 Å². The van der Waals surface area contributed by atoms with Gasteiger partial charge in [0.1, 0.15) is 0 Å². The van der Waals surface area contributed by atoms with Crippen LogP contribution in [0.5, 0.6) is 0 Å². The Morgan fingerprint density at radius 2 is 1.55 bits per heavy atom. The molecule has 250 valence electrons. The molecule has 0 aromatic heterocycles. The smallest absolute Gasteiger partial charge is 0.0466 e. The van der Waals surface area contributed by atoms with Gasteiger partial charge in [-0.2, -0.15) is 0 Å². The van der Waals surface area contributed by atoms with Crippen LogP contribution in [0.15, 0.2) is 96.3 Å². The van der Waals surface area contributed by atoms with E-state index in [2.05, 4.69) is 96.6 Å². The van der Waals surface area contributed by atoms with Gasteiger partial charge in [-0.15, -0.1) is 6.58 Å². The molecule has 2 heteroatoms. The van der Waals surface area contributed by atoms with Gasteiger partial charge in [-0.3, -0.25) is 0 Å². The van der Waals surface area contributed by atoms with Crippen LogP contribution in [0.4, 0.5) is 0 Å². The Morgan fingerprint density at radius 3 is 2.18 bits per heavy atom. The van der Waals surface area contributed by atoms with Gasteiger partial charge in [0.2, 0.25) is 0 Å². The van der Waals surface area contributed by atoms with Gasteiger partial charge >= 0.3 is 0 Å². The summed E-state index contributed by atoms with van der Waals surface area (Å²) in [5.41, 5.74) is 7.59. The van der Waals surface area contributed by atoms with E-state index in [9.17, 15) is 0 Å². The van der Waals surface area contributed by atoms with E-state index in [4.69, 9.17) is 4.74 Å². The second-order valence-electron chi connectivity index (χ2n) is 12.6. The Morgan fingerprint density at radius 1 is 0.864 bits per heavy atom. The summed E-state index contributed by atoms with van der Waals surface area (Å²) in [6.45, 7) is 30.0. The molecule has 0 fully saturated rings. The van der Waals surface area contributed by atoms with Gasteiger partial charge in [-0.25, -0.2) is 0 Å². The predicted molar refractivity (Wildman–Crippen MR) is 200 cm³/mol. The van der Waals surface area contributed by atoms with E-state index in [1.807, 2.05) is 0 Å². The van der Waals surface area contributed by atoms with E-state index in [1.54, 1.807) is 6.08 Å². The van der Waals surface area contributed by atoms with Crippen molar-refractivity contribution in [3.8, 4) is 0 Å². The van der Waals surface area contributed by atoms with E-state index >= 15 is 0 Å². The summed E-state index contributed by atoms with van der Waals surface area (Å²) in [5, 5.41) is 3.45. The summed E-state index contributed by atoms with van der Waals surface area (Å²) in [4.78, 5) is 0. The Hall–Kier alpha value is -2.32. The van der Waals surface area contributed by atoms with Crippen LogP contribution in [0, 0.1) is 5.92 Å². The third-order valence-corrected chi connectivity index (χ3v) is 8.21. The van der Waals surface area contributed by atoms with E-state index in [1.165, 1.54) is 118 Å². The largest absolute Gasteiger partial charge is 0.388 e. The Labute approximate surface area is 275 Å². The monoisotopic (exact) mass is 606 g/mol. The molecule has 44 heavy (non-hydrogen) atoms. The van der Waals surface area contributed by atoms with Crippen LogP contribution in [0.3, 0.4) is 0 Å². The van der Waals surface area contributed by atoms with Crippen molar-refractivity contribution in [2.75, 3.05) is 19.8 Å². The third kappa shape index (κ3) is 24.1. The maximum atomic E-state index is 5.41. The first-order valence-corrected chi connectivity index (χ1v) is 18.0. The molecule has 0 aromatic rings. The maximum Gasteiger partial charge on any atom is 0.0466 e. The molecule has 1 aliphatic heterocycles. The van der Waals surface area contributed by atoms with E-state index in [-0.39, 0.29) is 0 Å². The van der Waals surface area contributed by atoms with E-state index < -0.39 is 0 Å². The van der Waals surface area contributed by atoms with Crippen LogP contribution in [0.25, 0.3) is 0 Å². The minimum Gasteiger partial charge on any atom is -0.388 e. The first kappa shape index (κ1) is 41.7. The van der Waals surface area contributed by atoms with Crippen molar-refractivity contribution >= 4 is 0 Å². The molecule has 0 saturated heterocycles. The lowest BCUT2D eigenvalue weighted by Crippen LogP contribution is -2.19. The van der Waals surface area contributed by atoms with Crippen molar-refractivity contribution < 1.29 is 4.74 Å². The molecule has 1 aliphatic rings. The molecule has 2 nitrogen and oxygen atoms in total. The molecule has 1 atom stereocenters. The zero-order valence-electron chi connectivity index (χ0n) is 29.9. The number of rotatable bonds is 25. The number of ether oxygens (including phenoxy) is 1. The Balaban J connectivity index is 0.00000119. The molecule has 0 aliphatic carbocycles. The molecular weight excluding hydrogens is 534 g/mol. The highest BCUT2D eigenvalue weighted by molar-refractivity contribution is 5.33. The van der Waals surface area contributed by atoms with Crippen molar-refractivity contribution in [1.29, 1.82) is 0 Å². The maximum absolute atomic E-state index is 5.41. The average molecular weight is 606 g/mol. The highest BCUT2D eigenvalue weighted by atomic mass is 16.5. The molecule has 1 rings (SSSR count). The summed E-state index contributed by atoms with van der Waals surface area (Å²) in [6, 6.07) is 0. The van der Waals surface area contributed by atoms with E-state index in [0.29, 0.717) is 5.92 Å². The average Bonchev–Trinajstić information content (AvgIpc) is 3.01. The highest BCUT2D eigenvalue weighted by Crippen LogP contribution is 2.27. The predicted octanol–water partition coefficient (Wildman–Crippen LogP) is 13.1. The Kier molecular flexibility index (Phi) is 27.8. The molecule has 1 N–H and O–H groups in total. The topological polar surface area (TPSA) is 21.3 Å². The van der Waals surface area contributed by atoms with Crippen molar-refractivity contribution in [3.63, 3.8) is 0 Å². The molecule has 0 amide bonds. The second-order valence-corrected chi connectivity index (χ2v) is 12.6. The minimum atomic E-state index is 0.537. The first-order chi connectivity index (χ1) is 21.3. The van der Waals surface area contributed by atoms with Gasteiger partial charge in [-0.05, 0) is 94.8 Å². The fraction of sp³-hybridized carbons (Fsp3) is 0.619. The third-order valence-electron chi connectivity index (χ3n) is 8.21. The summed E-state index contributed by atoms with van der Waals surface area (Å²) in [7, 11) is 0. The number of hydrogen-bond acceptors (Lipinski definition) is 2. The van der Waals surface area contributed by atoms with Crippen LogP contribution in [-0.4, -0.2) is 19.8 Å².